The highest BCUT2D eigenvalue weighted by molar-refractivity contribution is 9.10. The lowest BCUT2D eigenvalue weighted by molar-refractivity contribution is 0.0956. The number of nitrogens with one attached hydrogen (secondary N) is 2. The van der Waals surface area contributed by atoms with E-state index in [-0.39, 0.29) is 11.7 Å². The van der Waals surface area contributed by atoms with Crippen molar-refractivity contribution < 1.29 is 9.18 Å². The Labute approximate surface area is 131 Å². The average molecular weight is 351 g/mol. The Morgan fingerprint density at radius 2 is 1.90 bits per heavy atom. The summed E-state index contributed by atoms with van der Waals surface area (Å²) in [6.45, 7) is 3.08. The second kappa shape index (κ2) is 7.22. The number of carbonyl (C=O) groups excluding carboxylic acids is 1. The predicted octanol–water partition coefficient (Wildman–Crippen LogP) is 3.95. The van der Waals surface area contributed by atoms with Crippen molar-refractivity contribution >= 4 is 27.5 Å². The highest BCUT2D eigenvalue weighted by Gasteiger charge is 2.04. The fourth-order valence-electron chi connectivity index (χ4n) is 1.86. The maximum Gasteiger partial charge on any atom is 0.251 e. The second-order valence-electron chi connectivity index (χ2n) is 4.54. The number of amides is 1. The molecule has 1 amide bonds. The molecule has 110 valence electrons. The molecule has 0 saturated heterocycles. The molecule has 2 aromatic carbocycles. The first-order valence-corrected chi connectivity index (χ1v) is 7.45. The standard InChI is InChI=1S/C16H16BrFN2O/c1-2-19-16(21)12-4-6-13(7-5-12)20-10-11-3-8-15(18)14(17)9-11/h3-9,20H,2,10H2,1H3,(H,19,21). The molecule has 0 bridgehead atoms. The summed E-state index contributed by atoms with van der Waals surface area (Å²) in [6, 6.07) is 12.1. The van der Waals surface area contributed by atoms with Gasteiger partial charge >= 0.3 is 0 Å². The van der Waals surface area contributed by atoms with Crippen LogP contribution in [0.3, 0.4) is 0 Å². The lowest BCUT2D eigenvalue weighted by atomic mass is 10.2. The minimum atomic E-state index is -0.273. The van der Waals surface area contributed by atoms with Crippen molar-refractivity contribution in [3.8, 4) is 0 Å². The topological polar surface area (TPSA) is 41.1 Å². The van der Waals surface area contributed by atoms with Gasteiger partial charge in [0.15, 0.2) is 0 Å². The van der Waals surface area contributed by atoms with Crippen LogP contribution in [0.25, 0.3) is 0 Å². The van der Waals surface area contributed by atoms with Gasteiger partial charge in [-0.2, -0.15) is 0 Å². The zero-order valence-corrected chi connectivity index (χ0v) is 13.2. The normalized spacial score (nSPS) is 10.2. The van der Waals surface area contributed by atoms with Crippen molar-refractivity contribution in [3.05, 3.63) is 63.9 Å². The average Bonchev–Trinajstić information content (AvgIpc) is 2.49. The monoisotopic (exact) mass is 350 g/mol. The summed E-state index contributed by atoms with van der Waals surface area (Å²) in [7, 11) is 0. The van der Waals surface area contributed by atoms with Crippen molar-refractivity contribution in [1.82, 2.24) is 5.32 Å². The van der Waals surface area contributed by atoms with Crippen LogP contribution in [0, 0.1) is 5.82 Å². The van der Waals surface area contributed by atoms with Crippen LogP contribution in [0.4, 0.5) is 10.1 Å². The van der Waals surface area contributed by atoms with Crippen LogP contribution in [-0.2, 0) is 6.54 Å². The van der Waals surface area contributed by atoms with Gasteiger partial charge in [0.25, 0.3) is 5.91 Å². The summed E-state index contributed by atoms with van der Waals surface area (Å²) in [5, 5.41) is 5.98. The molecule has 0 aromatic heterocycles. The Morgan fingerprint density at radius 3 is 2.52 bits per heavy atom. The zero-order chi connectivity index (χ0) is 15.2. The molecule has 0 aliphatic rings. The van der Waals surface area contributed by atoms with Gasteiger partial charge < -0.3 is 10.6 Å². The molecule has 2 aromatic rings. The molecule has 0 aliphatic heterocycles. The lowest BCUT2D eigenvalue weighted by Crippen LogP contribution is -2.22. The molecule has 0 heterocycles. The van der Waals surface area contributed by atoms with E-state index in [2.05, 4.69) is 26.6 Å². The maximum absolute atomic E-state index is 13.1. The third kappa shape index (κ3) is 4.29. The van der Waals surface area contributed by atoms with Crippen LogP contribution in [0.2, 0.25) is 0 Å². The minimum Gasteiger partial charge on any atom is -0.381 e. The van der Waals surface area contributed by atoms with E-state index in [1.807, 2.05) is 19.1 Å². The first kappa shape index (κ1) is 15.5. The number of anilines is 1. The van der Waals surface area contributed by atoms with Gasteiger partial charge in [-0.25, -0.2) is 4.39 Å². The Kier molecular flexibility index (Phi) is 5.33. The fourth-order valence-corrected chi connectivity index (χ4v) is 2.28. The van der Waals surface area contributed by atoms with Crippen molar-refractivity contribution in [2.24, 2.45) is 0 Å². The second-order valence-corrected chi connectivity index (χ2v) is 5.39. The van der Waals surface area contributed by atoms with Crippen molar-refractivity contribution in [3.63, 3.8) is 0 Å². The van der Waals surface area contributed by atoms with Crippen LogP contribution in [0.5, 0.6) is 0 Å². The van der Waals surface area contributed by atoms with E-state index in [1.54, 1.807) is 24.3 Å². The molecule has 0 aliphatic carbocycles. The third-order valence-electron chi connectivity index (χ3n) is 2.97. The van der Waals surface area contributed by atoms with Crippen molar-refractivity contribution in [2.45, 2.75) is 13.5 Å². The largest absolute Gasteiger partial charge is 0.381 e. The quantitative estimate of drug-likeness (QED) is 0.857. The molecule has 2 N–H and O–H groups in total. The van der Waals surface area contributed by atoms with Gasteiger partial charge in [0, 0.05) is 24.3 Å². The Balaban J connectivity index is 1.97. The van der Waals surface area contributed by atoms with E-state index >= 15 is 0 Å². The van der Waals surface area contributed by atoms with Crippen LogP contribution < -0.4 is 10.6 Å². The van der Waals surface area contributed by atoms with Crippen molar-refractivity contribution in [2.75, 3.05) is 11.9 Å². The Morgan fingerprint density at radius 1 is 1.19 bits per heavy atom. The van der Waals surface area contributed by atoms with E-state index in [0.717, 1.165) is 11.3 Å². The number of benzene rings is 2. The molecular formula is C16H16BrFN2O. The number of rotatable bonds is 5. The summed E-state index contributed by atoms with van der Waals surface area (Å²) in [5.74, 6) is -0.350. The van der Waals surface area contributed by atoms with Gasteiger partial charge in [-0.05, 0) is 64.8 Å². The summed E-state index contributed by atoms with van der Waals surface area (Å²) in [5.41, 5.74) is 2.51. The highest BCUT2D eigenvalue weighted by Crippen LogP contribution is 2.18. The van der Waals surface area contributed by atoms with Gasteiger partial charge in [-0.3, -0.25) is 4.79 Å². The lowest BCUT2D eigenvalue weighted by Gasteiger charge is -2.08. The molecule has 0 atom stereocenters. The maximum atomic E-state index is 13.1. The number of halogens is 2. The number of carbonyl (C=O) groups is 1. The number of hydrogen-bond donors (Lipinski definition) is 2. The van der Waals surface area contributed by atoms with Crippen LogP contribution >= 0.6 is 15.9 Å². The van der Waals surface area contributed by atoms with E-state index < -0.39 is 0 Å². The molecule has 21 heavy (non-hydrogen) atoms. The molecular weight excluding hydrogens is 335 g/mol. The molecule has 0 spiro atoms. The minimum absolute atomic E-state index is 0.0773. The SMILES string of the molecule is CCNC(=O)c1ccc(NCc2ccc(F)c(Br)c2)cc1. The first-order chi connectivity index (χ1) is 10.1. The number of hydrogen-bond acceptors (Lipinski definition) is 2. The van der Waals surface area contributed by atoms with Gasteiger partial charge in [-0.1, -0.05) is 6.07 Å². The molecule has 0 saturated carbocycles. The van der Waals surface area contributed by atoms with E-state index in [1.165, 1.54) is 6.07 Å². The van der Waals surface area contributed by atoms with E-state index in [0.29, 0.717) is 23.1 Å². The summed E-state index contributed by atoms with van der Waals surface area (Å²) in [6.07, 6.45) is 0. The van der Waals surface area contributed by atoms with E-state index in [9.17, 15) is 9.18 Å². The smallest absolute Gasteiger partial charge is 0.251 e. The zero-order valence-electron chi connectivity index (χ0n) is 11.6. The molecule has 0 radical (unpaired) electrons. The highest BCUT2D eigenvalue weighted by atomic mass is 79.9. The fraction of sp³-hybridized carbons (Fsp3) is 0.188. The Bertz CT molecular complexity index is 629. The van der Waals surface area contributed by atoms with Gasteiger partial charge in [-0.15, -0.1) is 0 Å². The third-order valence-corrected chi connectivity index (χ3v) is 3.57. The van der Waals surface area contributed by atoms with Gasteiger partial charge in [0.05, 0.1) is 4.47 Å². The molecule has 2 rings (SSSR count). The molecule has 0 unspecified atom stereocenters. The Hall–Kier alpha value is -1.88. The van der Waals surface area contributed by atoms with Gasteiger partial charge in [0.1, 0.15) is 5.82 Å². The van der Waals surface area contributed by atoms with Crippen LogP contribution in [-0.4, -0.2) is 12.5 Å². The van der Waals surface area contributed by atoms with Crippen molar-refractivity contribution in [1.29, 1.82) is 0 Å². The molecule has 0 fully saturated rings. The predicted molar refractivity (Wildman–Crippen MR) is 85.9 cm³/mol. The molecule has 3 nitrogen and oxygen atoms in total. The summed E-state index contributed by atoms with van der Waals surface area (Å²) >= 11 is 3.17. The van der Waals surface area contributed by atoms with Gasteiger partial charge in [0.2, 0.25) is 0 Å². The summed E-state index contributed by atoms with van der Waals surface area (Å²) < 4.78 is 13.6. The van der Waals surface area contributed by atoms with Crippen LogP contribution in [0.1, 0.15) is 22.8 Å². The van der Waals surface area contributed by atoms with Crippen LogP contribution in [0.15, 0.2) is 46.9 Å². The summed E-state index contributed by atoms with van der Waals surface area (Å²) in [4.78, 5) is 11.6. The van der Waals surface area contributed by atoms with E-state index in [4.69, 9.17) is 0 Å². The first-order valence-electron chi connectivity index (χ1n) is 6.66. The molecule has 5 heteroatoms.